The first-order valence-electron chi connectivity index (χ1n) is 5.60. The van der Waals surface area contributed by atoms with E-state index in [4.69, 9.17) is 0 Å². The fraction of sp³-hybridized carbons (Fsp3) is 1.00. The van der Waals surface area contributed by atoms with Crippen molar-refractivity contribution in [2.24, 2.45) is 5.92 Å². The van der Waals surface area contributed by atoms with Gasteiger partial charge in [-0.2, -0.15) is 0 Å². The van der Waals surface area contributed by atoms with Crippen LogP contribution in [0.25, 0.3) is 0 Å². The lowest BCUT2D eigenvalue weighted by atomic mass is 9.80. The van der Waals surface area contributed by atoms with Crippen LogP contribution in [-0.4, -0.2) is 28.8 Å². The van der Waals surface area contributed by atoms with Crippen LogP contribution in [0.5, 0.6) is 0 Å². The highest BCUT2D eigenvalue weighted by Gasteiger charge is 2.33. The topological polar surface area (TPSA) is 23.5 Å². The highest BCUT2D eigenvalue weighted by molar-refractivity contribution is 4.86. The van der Waals surface area contributed by atoms with Crippen molar-refractivity contribution >= 4 is 0 Å². The van der Waals surface area contributed by atoms with Gasteiger partial charge in [-0.3, -0.25) is 4.90 Å². The maximum absolute atomic E-state index is 9.62. The van der Waals surface area contributed by atoms with Gasteiger partial charge in [-0.1, -0.05) is 20.3 Å². The van der Waals surface area contributed by atoms with Gasteiger partial charge in [-0.25, -0.2) is 0 Å². The highest BCUT2D eigenvalue weighted by Crippen LogP contribution is 2.32. The summed E-state index contributed by atoms with van der Waals surface area (Å²) in [6, 6.07) is 0.645. The zero-order valence-corrected chi connectivity index (χ0v) is 9.16. The molecule has 1 N–H and O–H groups in total. The van der Waals surface area contributed by atoms with Gasteiger partial charge in [0.25, 0.3) is 0 Å². The molecule has 3 atom stereocenters. The summed E-state index contributed by atoms with van der Waals surface area (Å²) in [6.07, 6.45) is 4.76. The predicted octanol–water partition coefficient (Wildman–Crippen LogP) is 2.23. The maximum atomic E-state index is 9.62. The van der Waals surface area contributed by atoms with E-state index in [1.54, 1.807) is 0 Å². The molecule has 0 heterocycles. The number of rotatable bonds is 5. The Morgan fingerprint density at radius 2 is 2.15 bits per heavy atom. The second-order valence-corrected chi connectivity index (χ2v) is 4.35. The molecule has 1 rings (SSSR count). The highest BCUT2D eigenvalue weighted by atomic mass is 16.3. The van der Waals surface area contributed by atoms with Crippen molar-refractivity contribution in [2.45, 2.75) is 58.7 Å². The number of unbranched alkanes of at least 4 members (excludes halogenated alkanes) is 1. The van der Waals surface area contributed by atoms with Crippen molar-refractivity contribution in [3.63, 3.8) is 0 Å². The quantitative estimate of drug-likeness (QED) is 0.664. The summed E-state index contributed by atoms with van der Waals surface area (Å²) in [7, 11) is 0. The van der Waals surface area contributed by atoms with Crippen LogP contribution in [0.2, 0.25) is 0 Å². The Hall–Kier alpha value is -0.0800. The van der Waals surface area contributed by atoms with Crippen LogP contribution in [0.1, 0.15) is 46.5 Å². The molecule has 2 nitrogen and oxygen atoms in total. The van der Waals surface area contributed by atoms with Crippen molar-refractivity contribution in [3.8, 4) is 0 Å². The summed E-state index contributed by atoms with van der Waals surface area (Å²) in [4.78, 5) is 2.26. The van der Waals surface area contributed by atoms with Crippen LogP contribution >= 0.6 is 0 Å². The van der Waals surface area contributed by atoms with Gasteiger partial charge >= 0.3 is 0 Å². The minimum atomic E-state index is -0.265. The molecule has 0 aromatic heterocycles. The molecular formula is C11H23NO. The molecule has 0 aliphatic heterocycles. The first-order chi connectivity index (χ1) is 6.16. The van der Waals surface area contributed by atoms with Crippen molar-refractivity contribution in [3.05, 3.63) is 0 Å². The number of hydrogen-bond donors (Lipinski definition) is 1. The first-order valence-corrected chi connectivity index (χ1v) is 5.60. The minimum Gasteiger partial charge on any atom is -0.379 e. The van der Waals surface area contributed by atoms with E-state index in [1.165, 1.54) is 25.7 Å². The molecule has 1 saturated carbocycles. The second kappa shape index (κ2) is 4.97. The Bertz CT molecular complexity index is 147. The third kappa shape index (κ3) is 2.68. The average molecular weight is 185 g/mol. The van der Waals surface area contributed by atoms with E-state index in [0.29, 0.717) is 6.04 Å². The number of nitrogens with zero attached hydrogens (tertiary/aromatic N) is 1. The van der Waals surface area contributed by atoms with E-state index < -0.39 is 0 Å². The minimum absolute atomic E-state index is 0.265. The van der Waals surface area contributed by atoms with Crippen LogP contribution in [0.15, 0.2) is 0 Å². The molecule has 1 aliphatic rings. The predicted molar refractivity (Wildman–Crippen MR) is 55.5 cm³/mol. The molecule has 0 aromatic carbocycles. The Balaban J connectivity index is 2.37. The van der Waals surface area contributed by atoms with E-state index in [-0.39, 0.29) is 6.23 Å². The van der Waals surface area contributed by atoms with Gasteiger partial charge in [-0.05, 0) is 32.1 Å². The van der Waals surface area contributed by atoms with Crippen LogP contribution < -0.4 is 0 Å². The lowest BCUT2D eigenvalue weighted by molar-refractivity contribution is -0.0562. The molecule has 78 valence electrons. The zero-order valence-electron chi connectivity index (χ0n) is 9.16. The lowest BCUT2D eigenvalue weighted by Crippen LogP contribution is -2.50. The molecule has 0 aromatic rings. The molecule has 3 unspecified atom stereocenters. The normalized spacial score (nSPS) is 30.2. The molecule has 0 bridgehead atoms. The molecule has 0 amide bonds. The lowest BCUT2D eigenvalue weighted by Gasteiger charge is -2.44. The average Bonchev–Trinajstić information content (AvgIpc) is 2.08. The fourth-order valence-corrected chi connectivity index (χ4v) is 2.11. The summed E-state index contributed by atoms with van der Waals surface area (Å²) in [5.74, 6) is 0.784. The molecule has 0 saturated heterocycles. The van der Waals surface area contributed by atoms with E-state index in [0.717, 1.165) is 12.5 Å². The Morgan fingerprint density at radius 1 is 1.46 bits per heavy atom. The Labute approximate surface area is 81.9 Å². The Morgan fingerprint density at radius 3 is 2.46 bits per heavy atom. The first kappa shape index (κ1) is 11.0. The van der Waals surface area contributed by atoms with E-state index in [1.807, 2.05) is 6.92 Å². The molecule has 13 heavy (non-hydrogen) atoms. The SMILES string of the molecule is CCCCN(C(C)O)C1CCC1C. The smallest absolute Gasteiger partial charge is 0.104 e. The van der Waals surface area contributed by atoms with Crippen LogP contribution in [0, 0.1) is 5.92 Å². The zero-order chi connectivity index (χ0) is 9.84. The number of hydrogen-bond acceptors (Lipinski definition) is 2. The van der Waals surface area contributed by atoms with Gasteiger partial charge in [0.15, 0.2) is 0 Å². The third-order valence-electron chi connectivity index (χ3n) is 3.25. The van der Waals surface area contributed by atoms with Gasteiger partial charge in [0.1, 0.15) is 6.23 Å². The van der Waals surface area contributed by atoms with Crippen LogP contribution in [-0.2, 0) is 0 Å². The summed E-state index contributed by atoms with van der Waals surface area (Å²) < 4.78 is 0. The maximum Gasteiger partial charge on any atom is 0.104 e. The van der Waals surface area contributed by atoms with Crippen molar-refractivity contribution in [1.29, 1.82) is 0 Å². The second-order valence-electron chi connectivity index (χ2n) is 4.35. The molecule has 1 aliphatic carbocycles. The van der Waals surface area contributed by atoms with Gasteiger partial charge in [0, 0.05) is 12.6 Å². The number of aliphatic hydroxyl groups is 1. The van der Waals surface area contributed by atoms with Crippen LogP contribution in [0.4, 0.5) is 0 Å². The van der Waals surface area contributed by atoms with Gasteiger partial charge in [-0.15, -0.1) is 0 Å². The summed E-state index contributed by atoms with van der Waals surface area (Å²) in [5, 5.41) is 9.62. The standard InChI is InChI=1S/C11H23NO/c1-4-5-8-12(10(3)13)11-7-6-9(11)2/h9-11,13H,4-8H2,1-3H3. The van der Waals surface area contributed by atoms with Crippen molar-refractivity contribution in [2.75, 3.05) is 6.54 Å². The fourth-order valence-electron chi connectivity index (χ4n) is 2.11. The van der Waals surface area contributed by atoms with Gasteiger partial charge in [0.2, 0.25) is 0 Å². The Kier molecular flexibility index (Phi) is 4.20. The van der Waals surface area contributed by atoms with Crippen molar-refractivity contribution in [1.82, 2.24) is 4.90 Å². The van der Waals surface area contributed by atoms with Crippen molar-refractivity contribution < 1.29 is 5.11 Å². The molecule has 0 spiro atoms. The largest absolute Gasteiger partial charge is 0.379 e. The van der Waals surface area contributed by atoms with E-state index in [2.05, 4.69) is 18.7 Å². The molecule has 0 radical (unpaired) electrons. The molecular weight excluding hydrogens is 162 g/mol. The monoisotopic (exact) mass is 185 g/mol. The molecule has 2 heteroatoms. The summed E-state index contributed by atoms with van der Waals surface area (Å²) in [5.41, 5.74) is 0. The molecule has 1 fully saturated rings. The third-order valence-corrected chi connectivity index (χ3v) is 3.25. The number of aliphatic hydroxyl groups excluding tert-OH is 1. The van der Waals surface area contributed by atoms with Gasteiger partial charge in [0.05, 0.1) is 0 Å². The van der Waals surface area contributed by atoms with E-state index >= 15 is 0 Å². The van der Waals surface area contributed by atoms with E-state index in [9.17, 15) is 5.11 Å². The van der Waals surface area contributed by atoms with Gasteiger partial charge < -0.3 is 5.11 Å². The summed E-state index contributed by atoms with van der Waals surface area (Å²) in [6.45, 7) is 7.43. The van der Waals surface area contributed by atoms with Crippen LogP contribution in [0.3, 0.4) is 0 Å². The summed E-state index contributed by atoms with van der Waals surface area (Å²) >= 11 is 0.